The molecule has 2 saturated heterocycles. The number of halogens is 1. The zero-order chi connectivity index (χ0) is 11.7. The molecule has 1 spiro atoms. The maximum atomic E-state index is 4.47. The smallest absolute Gasteiger partial charge is 0.128 e. The average Bonchev–Trinajstić information content (AvgIpc) is 2.24. The minimum Gasteiger partial charge on any atom is -0.355 e. The summed E-state index contributed by atoms with van der Waals surface area (Å²) in [6, 6.07) is 4.12. The second-order valence-electron chi connectivity index (χ2n) is 4.67. The van der Waals surface area contributed by atoms with Gasteiger partial charge in [0, 0.05) is 64.6 Å². The fourth-order valence-corrected chi connectivity index (χ4v) is 2.84. The molecule has 0 amide bonds. The molecule has 2 fully saturated rings. The van der Waals surface area contributed by atoms with Crippen molar-refractivity contribution in [3.63, 3.8) is 0 Å². The third kappa shape index (κ3) is 2.26. The topological polar surface area (TPSA) is 28.2 Å². The number of pyridine rings is 1. The van der Waals surface area contributed by atoms with Gasteiger partial charge in [0.15, 0.2) is 0 Å². The van der Waals surface area contributed by atoms with Crippen LogP contribution in [0.2, 0.25) is 0 Å². The molecule has 0 aliphatic carbocycles. The highest BCUT2D eigenvalue weighted by molar-refractivity contribution is 14.2. The average molecular weight is 357 g/mol. The molecule has 3 heterocycles. The van der Waals surface area contributed by atoms with Gasteiger partial charge in [0.05, 0.1) is 0 Å². The Morgan fingerprint density at radius 3 is 2.76 bits per heavy atom. The van der Waals surface area contributed by atoms with E-state index in [1.807, 2.05) is 12.3 Å². The summed E-state index contributed by atoms with van der Waals surface area (Å²) < 4.78 is 0. The molecule has 5 heteroatoms. The van der Waals surface area contributed by atoms with Crippen molar-refractivity contribution in [1.82, 2.24) is 10.3 Å². The molecule has 0 atom stereocenters. The predicted molar refractivity (Wildman–Crippen MR) is 80.2 cm³/mol. The first-order chi connectivity index (χ1) is 8.31. The number of anilines is 1. The van der Waals surface area contributed by atoms with Crippen LogP contribution in [0.1, 0.15) is 5.56 Å². The van der Waals surface area contributed by atoms with Gasteiger partial charge in [0.1, 0.15) is 5.82 Å². The van der Waals surface area contributed by atoms with Crippen molar-refractivity contribution in [3.05, 3.63) is 23.9 Å². The Hall–Kier alpha value is -0.450. The van der Waals surface area contributed by atoms with Crippen LogP contribution in [0.5, 0.6) is 0 Å². The van der Waals surface area contributed by atoms with Crippen LogP contribution < -0.4 is 10.2 Å². The van der Waals surface area contributed by atoms with E-state index < -0.39 is 0 Å². The van der Waals surface area contributed by atoms with E-state index in [4.69, 9.17) is 0 Å². The quantitative estimate of drug-likeness (QED) is 0.614. The van der Waals surface area contributed by atoms with E-state index in [9.17, 15) is 0 Å². The van der Waals surface area contributed by atoms with Crippen molar-refractivity contribution in [2.24, 2.45) is 5.41 Å². The monoisotopic (exact) mass is 357 g/mol. The molecule has 1 N–H and O–H groups in total. The SMILES string of the molecule is ISC#Cc1ccc(N2CC3(CNC3)C2)nc1. The van der Waals surface area contributed by atoms with E-state index in [2.05, 4.69) is 53.6 Å². The molecule has 3 nitrogen and oxygen atoms in total. The van der Waals surface area contributed by atoms with Crippen molar-refractivity contribution >= 4 is 36.0 Å². The van der Waals surface area contributed by atoms with Gasteiger partial charge in [-0.1, -0.05) is 5.92 Å². The normalized spacial score (nSPS) is 20.2. The van der Waals surface area contributed by atoms with Crippen LogP contribution in [0, 0.1) is 16.6 Å². The molecule has 2 aliphatic heterocycles. The molecule has 3 rings (SSSR count). The summed E-state index contributed by atoms with van der Waals surface area (Å²) in [5.41, 5.74) is 1.54. The maximum absolute atomic E-state index is 4.47. The van der Waals surface area contributed by atoms with E-state index >= 15 is 0 Å². The third-order valence-electron chi connectivity index (χ3n) is 3.36. The zero-order valence-electron chi connectivity index (χ0n) is 9.24. The summed E-state index contributed by atoms with van der Waals surface area (Å²) in [6.07, 6.45) is 1.86. The van der Waals surface area contributed by atoms with E-state index in [1.54, 1.807) is 0 Å². The fourth-order valence-electron chi connectivity index (χ4n) is 2.35. The van der Waals surface area contributed by atoms with Gasteiger partial charge < -0.3 is 10.2 Å². The summed E-state index contributed by atoms with van der Waals surface area (Å²) in [4.78, 5) is 6.81. The maximum Gasteiger partial charge on any atom is 0.128 e. The summed E-state index contributed by atoms with van der Waals surface area (Å²) in [6.45, 7) is 4.61. The predicted octanol–water partition coefficient (Wildman–Crippen LogP) is 1.88. The van der Waals surface area contributed by atoms with E-state index in [-0.39, 0.29) is 0 Å². The highest BCUT2D eigenvalue weighted by Crippen LogP contribution is 2.36. The molecule has 2 aliphatic rings. The molecule has 0 bridgehead atoms. The highest BCUT2D eigenvalue weighted by Gasteiger charge is 2.47. The summed E-state index contributed by atoms with van der Waals surface area (Å²) in [5.74, 6) is 4.13. The first kappa shape index (κ1) is 11.6. The van der Waals surface area contributed by atoms with Gasteiger partial charge in [0.2, 0.25) is 0 Å². The van der Waals surface area contributed by atoms with E-state index in [1.165, 1.54) is 22.0 Å². The van der Waals surface area contributed by atoms with Crippen LogP contribution in [0.15, 0.2) is 18.3 Å². The lowest BCUT2D eigenvalue weighted by Gasteiger charge is -2.56. The first-order valence-electron chi connectivity index (χ1n) is 5.52. The molecule has 17 heavy (non-hydrogen) atoms. The lowest BCUT2D eigenvalue weighted by molar-refractivity contribution is 0.120. The molecule has 0 saturated carbocycles. The molecule has 1 aromatic rings. The molecular formula is C12H12IN3S. The van der Waals surface area contributed by atoms with Crippen LogP contribution >= 0.6 is 30.1 Å². The molecular weight excluding hydrogens is 345 g/mol. The number of nitrogens with zero attached hydrogens (tertiary/aromatic N) is 2. The Balaban J connectivity index is 1.65. The Kier molecular flexibility index (Phi) is 3.19. The number of hydrogen-bond acceptors (Lipinski definition) is 4. The summed E-state index contributed by atoms with van der Waals surface area (Å²) >= 11 is 2.17. The van der Waals surface area contributed by atoms with Gasteiger partial charge in [-0.25, -0.2) is 4.98 Å². The van der Waals surface area contributed by atoms with Gasteiger partial charge in [-0.05, 0) is 26.3 Å². The Morgan fingerprint density at radius 2 is 2.24 bits per heavy atom. The molecule has 0 unspecified atom stereocenters. The lowest BCUT2D eigenvalue weighted by atomic mass is 9.74. The number of hydrogen-bond donors (Lipinski definition) is 1. The second kappa shape index (κ2) is 4.67. The van der Waals surface area contributed by atoms with Gasteiger partial charge in [-0.2, -0.15) is 0 Å². The lowest BCUT2D eigenvalue weighted by Crippen LogP contribution is -2.71. The van der Waals surface area contributed by atoms with E-state index in [0.717, 1.165) is 24.5 Å². The van der Waals surface area contributed by atoms with Crippen LogP contribution in [0.25, 0.3) is 0 Å². The largest absolute Gasteiger partial charge is 0.355 e. The van der Waals surface area contributed by atoms with Gasteiger partial charge >= 0.3 is 0 Å². The minimum atomic E-state index is 0.554. The zero-order valence-corrected chi connectivity index (χ0v) is 12.2. The van der Waals surface area contributed by atoms with Gasteiger partial charge in [-0.3, -0.25) is 0 Å². The van der Waals surface area contributed by atoms with Crippen molar-refractivity contribution in [2.45, 2.75) is 0 Å². The Morgan fingerprint density at radius 1 is 1.41 bits per heavy atom. The highest BCUT2D eigenvalue weighted by atomic mass is 127. The van der Waals surface area contributed by atoms with Gasteiger partial charge in [0.25, 0.3) is 0 Å². The van der Waals surface area contributed by atoms with Crippen LogP contribution in [0.4, 0.5) is 5.82 Å². The Labute approximate surface area is 117 Å². The van der Waals surface area contributed by atoms with Crippen LogP contribution in [-0.4, -0.2) is 31.2 Å². The molecule has 0 aromatic carbocycles. The number of nitrogens with one attached hydrogen (secondary N) is 1. The van der Waals surface area contributed by atoms with Crippen molar-refractivity contribution in [2.75, 3.05) is 31.1 Å². The number of aromatic nitrogens is 1. The summed E-state index contributed by atoms with van der Waals surface area (Å²) in [7, 11) is 1.50. The van der Waals surface area contributed by atoms with Crippen LogP contribution in [0.3, 0.4) is 0 Å². The molecule has 88 valence electrons. The van der Waals surface area contributed by atoms with Crippen molar-refractivity contribution < 1.29 is 0 Å². The fraction of sp³-hybridized carbons (Fsp3) is 0.417. The first-order valence-corrected chi connectivity index (χ1v) is 8.88. The third-order valence-corrected chi connectivity index (χ3v) is 4.20. The standard InChI is InChI=1S/C12H12IN3S/c13-17-4-3-10-1-2-11(15-5-10)16-8-12(9-16)6-14-7-12/h1-2,5,14H,6-9H2. The second-order valence-corrected chi connectivity index (χ2v) is 6.35. The van der Waals surface area contributed by atoms with Crippen molar-refractivity contribution in [1.29, 1.82) is 0 Å². The van der Waals surface area contributed by atoms with Gasteiger partial charge in [-0.15, -0.1) is 0 Å². The molecule has 0 radical (unpaired) electrons. The number of rotatable bonds is 1. The Bertz CT molecular complexity index is 465. The van der Waals surface area contributed by atoms with E-state index in [0.29, 0.717) is 5.41 Å². The van der Waals surface area contributed by atoms with Crippen molar-refractivity contribution in [3.8, 4) is 11.2 Å². The summed E-state index contributed by atoms with van der Waals surface area (Å²) in [5, 5.41) is 6.30. The molecule has 1 aromatic heterocycles. The van der Waals surface area contributed by atoms with Crippen LogP contribution in [-0.2, 0) is 0 Å². The minimum absolute atomic E-state index is 0.554.